The van der Waals surface area contributed by atoms with Crippen molar-refractivity contribution in [3.05, 3.63) is 137 Å². The summed E-state index contributed by atoms with van der Waals surface area (Å²) in [5.74, 6) is 0.663. The number of hydrogen-bond donors (Lipinski definition) is 4. The van der Waals surface area contributed by atoms with Crippen LogP contribution in [0.25, 0.3) is 11.5 Å². The number of aryl methyl sites for hydroxylation is 2. The number of benzene rings is 1. The van der Waals surface area contributed by atoms with E-state index in [4.69, 9.17) is 0 Å². The summed E-state index contributed by atoms with van der Waals surface area (Å²) in [6, 6.07) is 16.5. The van der Waals surface area contributed by atoms with Gasteiger partial charge in [-0.05, 0) is 51.0 Å². The number of nitrogens with zero attached hydrogens (tertiary/aromatic N) is 3. The Balaban J connectivity index is 1.48. The van der Waals surface area contributed by atoms with Gasteiger partial charge in [-0.1, -0.05) is 62.7 Å². The monoisotopic (exact) mass is 574 g/mol. The number of hydrogen-bond acceptors (Lipinski definition) is 7. The molecule has 1 aliphatic rings. The first-order chi connectivity index (χ1) is 20.4. The number of Topliss-reactive ketones (excluding diaryl/α,β-unsaturated/α-hetero) is 1. The molecule has 4 N–H and O–H groups in total. The van der Waals surface area contributed by atoms with Crippen molar-refractivity contribution in [2.24, 2.45) is 0 Å². The minimum absolute atomic E-state index is 0.0230. The molecule has 9 heteroatoms. The Bertz CT molecular complexity index is 1700. The lowest BCUT2D eigenvalue weighted by molar-refractivity contribution is -0.116. The quantitative estimate of drug-likeness (QED) is 0.129. The van der Waals surface area contributed by atoms with E-state index >= 15 is 0 Å². The van der Waals surface area contributed by atoms with E-state index in [1.807, 2.05) is 25.1 Å². The first-order valence-corrected chi connectivity index (χ1v) is 13.5. The topological polar surface area (TPSA) is 121 Å². The first kappa shape index (κ1) is 30.3. The molecule has 4 rings (SSSR count). The molecule has 0 radical (unpaired) electrons. The van der Waals surface area contributed by atoms with Gasteiger partial charge in [0.15, 0.2) is 5.78 Å². The Hall–Kier alpha value is -5.62. The third-order valence-corrected chi connectivity index (χ3v) is 7.09. The molecule has 1 atom stereocenters. The van der Waals surface area contributed by atoms with Crippen molar-refractivity contribution in [1.29, 1.82) is 0 Å². The molecule has 0 bridgehead atoms. The molecule has 0 spiro atoms. The van der Waals surface area contributed by atoms with E-state index < -0.39 is 0 Å². The molecule has 3 aromatic rings. The zero-order valence-electron chi connectivity index (χ0n) is 24.8. The van der Waals surface area contributed by atoms with E-state index in [-0.39, 0.29) is 29.2 Å². The average molecular weight is 575 g/mol. The van der Waals surface area contributed by atoms with Crippen molar-refractivity contribution in [2.45, 2.75) is 40.3 Å². The van der Waals surface area contributed by atoms with Crippen LogP contribution in [0.2, 0.25) is 0 Å². The van der Waals surface area contributed by atoms with Crippen LogP contribution in [0.1, 0.15) is 48.2 Å². The molecule has 9 nitrogen and oxygen atoms in total. The highest BCUT2D eigenvalue weighted by atomic mass is 16.3. The van der Waals surface area contributed by atoms with E-state index in [1.165, 1.54) is 0 Å². The van der Waals surface area contributed by atoms with Gasteiger partial charge in [-0.3, -0.25) is 14.2 Å². The van der Waals surface area contributed by atoms with Gasteiger partial charge in [0.2, 0.25) is 0 Å². The number of nitrogens with one attached hydrogen (secondary N) is 3. The summed E-state index contributed by atoms with van der Waals surface area (Å²) in [6.45, 7) is 23.1. The lowest BCUT2D eigenvalue weighted by Gasteiger charge is -2.23. The van der Waals surface area contributed by atoms with Gasteiger partial charge < -0.3 is 21.1 Å². The second kappa shape index (κ2) is 12.5. The fraction of sp³-hybridized carbons (Fsp3) is 0.176. The maximum atomic E-state index is 13.6. The standard InChI is InChI=1S/C34H34N6O3/c1-19(22(4)35-18-27-10-9-11-30(17-27)37-32-20(2)33(42)21(32)3)16-31(40-25(7)38-39-26(40)8)34(43)36-23(5)28-12-14-29(15-13-28)24(6)41/h11-17,23,35,37,41H,1-2,4,6,18H2,3,5,7-8H3,(H,36,43)/b31-16-. The van der Waals surface area contributed by atoms with Crippen molar-refractivity contribution in [1.82, 2.24) is 25.4 Å². The molecule has 218 valence electrons. The molecule has 1 aromatic heterocycles. The Morgan fingerprint density at radius 3 is 2.37 bits per heavy atom. The van der Waals surface area contributed by atoms with E-state index in [0.29, 0.717) is 46.2 Å². The summed E-state index contributed by atoms with van der Waals surface area (Å²) in [4.78, 5) is 25.4. The smallest absolute Gasteiger partial charge is 0.268 e. The zero-order chi connectivity index (χ0) is 31.4. The van der Waals surface area contributed by atoms with Crippen molar-refractivity contribution in [3.8, 4) is 0 Å². The minimum atomic E-state index is -0.356. The molecule has 1 heterocycles. The van der Waals surface area contributed by atoms with Crippen LogP contribution in [0, 0.1) is 26.0 Å². The van der Waals surface area contributed by atoms with E-state index in [9.17, 15) is 14.7 Å². The molecule has 0 aliphatic heterocycles. The number of aliphatic hydroxyl groups is 1. The van der Waals surface area contributed by atoms with Gasteiger partial charge >= 0.3 is 0 Å². The largest absolute Gasteiger partial charge is 0.508 e. The van der Waals surface area contributed by atoms with Gasteiger partial charge in [0, 0.05) is 46.3 Å². The number of amides is 1. The molecular weight excluding hydrogens is 540 g/mol. The normalized spacial score (nSPS) is 13.5. The van der Waals surface area contributed by atoms with Gasteiger partial charge in [0.05, 0.1) is 11.7 Å². The van der Waals surface area contributed by atoms with Crippen LogP contribution in [0.3, 0.4) is 0 Å². The Morgan fingerprint density at radius 2 is 1.77 bits per heavy atom. The number of ketones is 1. The summed E-state index contributed by atoms with van der Waals surface area (Å²) < 4.78 is 1.66. The van der Waals surface area contributed by atoms with Crippen LogP contribution < -0.4 is 16.0 Å². The fourth-order valence-electron chi connectivity index (χ4n) is 4.50. The number of aromatic nitrogens is 3. The van der Waals surface area contributed by atoms with Crippen LogP contribution in [0.4, 0.5) is 5.69 Å². The SMILES string of the molecule is C=C(/C=C(/C(=O)NC(C)c1ccc(C(=C)O)cc1)n1c(C)nnc1C)C(=C)NCc1c#ccc(NC2=C(C)C(=O)C2=C)c1. The number of allylic oxidation sites excluding steroid dienone is 3. The predicted molar refractivity (Wildman–Crippen MR) is 168 cm³/mol. The molecule has 1 aliphatic carbocycles. The molecule has 0 fully saturated rings. The highest BCUT2D eigenvalue weighted by Gasteiger charge is 2.28. The molecule has 1 amide bonds. The Morgan fingerprint density at radius 1 is 1.12 bits per heavy atom. The Kier molecular flexibility index (Phi) is 8.81. The number of anilines is 1. The molecular formula is C34H34N6O3. The van der Waals surface area contributed by atoms with Gasteiger partial charge in [-0.15, -0.1) is 10.2 Å². The summed E-state index contributed by atoms with van der Waals surface area (Å²) in [5.41, 5.74) is 6.11. The van der Waals surface area contributed by atoms with Crippen molar-refractivity contribution < 1.29 is 14.7 Å². The second-order valence-corrected chi connectivity index (χ2v) is 10.3. The first-order valence-electron chi connectivity index (χ1n) is 13.5. The van der Waals surface area contributed by atoms with Crippen LogP contribution >= 0.6 is 0 Å². The number of carbonyl (C=O) groups excluding carboxylic acids is 2. The molecule has 0 saturated heterocycles. The lowest BCUT2D eigenvalue weighted by Crippen LogP contribution is -2.30. The van der Waals surface area contributed by atoms with Crippen LogP contribution in [-0.4, -0.2) is 31.6 Å². The predicted octanol–water partition coefficient (Wildman–Crippen LogP) is 5.43. The summed E-state index contributed by atoms with van der Waals surface area (Å²) in [5, 5.41) is 27.3. The van der Waals surface area contributed by atoms with Gasteiger partial charge in [0.1, 0.15) is 23.1 Å². The Labute approximate surface area is 251 Å². The van der Waals surface area contributed by atoms with Crippen LogP contribution in [0.15, 0.2) is 96.9 Å². The van der Waals surface area contributed by atoms with E-state index in [1.54, 1.807) is 49.6 Å². The summed E-state index contributed by atoms with van der Waals surface area (Å²) in [6.07, 6.45) is 1.64. The summed E-state index contributed by atoms with van der Waals surface area (Å²) >= 11 is 0. The van der Waals surface area contributed by atoms with Crippen molar-refractivity contribution >= 4 is 28.8 Å². The highest BCUT2D eigenvalue weighted by Crippen LogP contribution is 2.29. The third-order valence-electron chi connectivity index (χ3n) is 7.09. The van der Waals surface area contributed by atoms with E-state index in [0.717, 1.165) is 22.5 Å². The van der Waals surface area contributed by atoms with Crippen molar-refractivity contribution in [2.75, 3.05) is 5.32 Å². The number of carbonyl (C=O) groups is 2. The lowest BCUT2D eigenvalue weighted by atomic mass is 9.89. The highest BCUT2D eigenvalue weighted by molar-refractivity contribution is 6.20. The van der Waals surface area contributed by atoms with Crippen LogP contribution in [0.5, 0.6) is 0 Å². The van der Waals surface area contributed by atoms with E-state index in [2.05, 4.69) is 64.6 Å². The summed E-state index contributed by atoms with van der Waals surface area (Å²) in [7, 11) is 0. The zero-order valence-corrected chi connectivity index (χ0v) is 24.8. The van der Waals surface area contributed by atoms with Gasteiger partial charge in [-0.2, -0.15) is 0 Å². The third kappa shape index (κ3) is 6.66. The minimum Gasteiger partial charge on any atom is -0.508 e. The molecule has 0 saturated carbocycles. The molecule has 43 heavy (non-hydrogen) atoms. The number of aliphatic hydroxyl groups excluding tert-OH is 1. The maximum Gasteiger partial charge on any atom is 0.268 e. The van der Waals surface area contributed by atoms with Crippen molar-refractivity contribution in [3.63, 3.8) is 0 Å². The maximum absolute atomic E-state index is 13.6. The number of rotatable bonds is 12. The van der Waals surface area contributed by atoms with Gasteiger partial charge in [0.25, 0.3) is 5.91 Å². The molecule has 2 aromatic carbocycles. The van der Waals surface area contributed by atoms with Crippen LogP contribution in [-0.2, 0) is 16.1 Å². The average Bonchev–Trinajstić information content (AvgIpc) is 3.33. The van der Waals surface area contributed by atoms with Gasteiger partial charge in [-0.25, -0.2) is 0 Å². The second-order valence-electron chi connectivity index (χ2n) is 10.3. The molecule has 1 unspecified atom stereocenters. The fourth-order valence-corrected chi connectivity index (χ4v) is 4.50.